The minimum Gasteiger partial charge on any atom is -0.352 e. The lowest BCUT2D eigenvalue weighted by atomic mass is 10.1. The van der Waals surface area contributed by atoms with E-state index in [-0.39, 0.29) is 17.9 Å². The number of rotatable bonds is 9. The summed E-state index contributed by atoms with van der Waals surface area (Å²) in [5, 5.41) is 3.65. The summed E-state index contributed by atoms with van der Waals surface area (Å²) in [5.41, 5.74) is 3.09. The van der Waals surface area contributed by atoms with Gasteiger partial charge in [-0.15, -0.1) is 0 Å². The first-order valence-corrected chi connectivity index (χ1v) is 10.6. The fourth-order valence-electron chi connectivity index (χ4n) is 3.11. The molecule has 2 aromatic carbocycles. The Kier molecular flexibility index (Phi) is 8.71. The quantitative estimate of drug-likeness (QED) is 0.633. The fourth-order valence-corrected chi connectivity index (χ4v) is 3.34. The summed E-state index contributed by atoms with van der Waals surface area (Å²) in [4.78, 5) is 27.6. The van der Waals surface area contributed by atoms with E-state index in [1.54, 1.807) is 11.8 Å². The summed E-state index contributed by atoms with van der Waals surface area (Å²) in [5.74, 6) is -0.181. The molecule has 0 aliphatic rings. The molecule has 0 heterocycles. The number of carbonyl (C=O) groups excluding carboxylic acids is 2. The second-order valence-corrected chi connectivity index (χ2v) is 7.94. The molecule has 0 aliphatic heterocycles. The second kappa shape index (κ2) is 11.0. The Bertz CT molecular complexity index is 837. The van der Waals surface area contributed by atoms with E-state index in [9.17, 15) is 9.59 Å². The van der Waals surface area contributed by atoms with Crippen molar-refractivity contribution in [3.63, 3.8) is 0 Å². The molecule has 1 N–H and O–H groups in total. The SMILES string of the molecule is CC[C@H](C)NC(=O)[C@@H](C)N(Cc1ccccc1C)C(=O)CCc1ccccc1Cl. The third-order valence-corrected chi connectivity index (χ3v) is 5.71. The molecule has 0 fully saturated rings. The van der Waals surface area contributed by atoms with Crippen molar-refractivity contribution in [1.29, 1.82) is 0 Å². The molecule has 2 amide bonds. The average molecular weight is 415 g/mol. The van der Waals surface area contributed by atoms with Crippen LogP contribution in [-0.2, 0) is 22.6 Å². The topological polar surface area (TPSA) is 49.4 Å². The maximum Gasteiger partial charge on any atom is 0.242 e. The van der Waals surface area contributed by atoms with Gasteiger partial charge in [0, 0.05) is 24.0 Å². The van der Waals surface area contributed by atoms with Crippen molar-refractivity contribution >= 4 is 23.4 Å². The largest absolute Gasteiger partial charge is 0.352 e. The number of carbonyl (C=O) groups is 2. The number of amides is 2. The molecule has 0 unspecified atom stereocenters. The lowest BCUT2D eigenvalue weighted by Crippen LogP contribution is -2.49. The highest BCUT2D eigenvalue weighted by atomic mass is 35.5. The highest BCUT2D eigenvalue weighted by Gasteiger charge is 2.27. The van der Waals surface area contributed by atoms with Gasteiger partial charge in [0.2, 0.25) is 11.8 Å². The molecule has 0 spiro atoms. The minimum atomic E-state index is -0.553. The van der Waals surface area contributed by atoms with Gasteiger partial charge in [-0.25, -0.2) is 0 Å². The van der Waals surface area contributed by atoms with E-state index in [1.165, 1.54) is 0 Å². The third kappa shape index (κ3) is 6.60. The molecule has 0 saturated carbocycles. The zero-order valence-corrected chi connectivity index (χ0v) is 18.5. The van der Waals surface area contributed by atoms with Crippen molar-refractivity contribution in [2.24, 2.45) is 0 Å². The van der Waals surface area contributed by atoms with E-state index in [2.05, 4.69) is 5.32 Å². The predicted molar refractivity (Wildman–Crippen MR) is 119 cm³/mol. The Morgan fingerprint density at radius 1 is 1.03 bits per heavy atom. The molecule has 2 aromatic rings. The van der Waals surface area contributed by atoms with Gasteiger partial charge in [0.05, 0.1) is 0 Å². The van der Waals surface area contributed by atoms with E-state index in [1.807, 2.05) is 69.3 Å². The number of halogens is 1. The molecular formula is C24H31ClN2O2. The van der Waals surface area contributed by atoms with Crippen molar-refractivity contribution in [3.8, 4) is 0 Å². The van der Waals surface area contributed by atoms with E-state index in [0.29, 0.717) is 24.4 Å². The lowest BCUT2D eigenvalue weighted by Gasteiger charge is -2.30. The molecule has 5 heteroatoms. The number of nitrogens with one attached hydrogen (secondary N) is 1. The highest BCUT2D eigenvalue weighted by Crippen LogP contribution is 2.19. The standard InChI is InChI=1S/C24H31ClN2O2/c1-5-18(3)26-24(29)19(4)27(16-21-12-7-6-10-17(21)2)23(28)15-14-20-11-8-9-13-22(20)25/h6-13,18-19H,5,14-16H2,1-4H3,(H,26,29)/t18-,19+/m0/s1. The van der Waals surface area contributed by atoms with Crippen molar-refractivity contribution < 1.29 is 9.59 Å². The Labute approximate surface area is 179 Å². The van der Waals surface area contributed by atoms with Gasteiger partial charge >= 0.3 is 0 Å². The van der Waals surface area contributed by atoms with Gasteiger partial charge in [0.15, 0.2) is 0 Å². The van der Waals surface area contributed by atoms with Gasteiger partial charge in [0.1, 0.15) is 6.04 Å². The van der Waals surface area contributed by atoms with Gasteiger partial charge in [-0.3, -0.25) is 9.59 Å². The zero-order chi connectivity index (χ0) is 21.4. The van der Waals surface area contributed by atoms with Gasteiger partial charge in [-0.1, -0.05) is 61.0 Å². The van der Waals surface area contributed by atoms with Crippen LogP contribution in [-0.4, -0.2) is 28.8 Å². The van der Waals surface area contributed by atoms with E-state index in [4.69, 9.17) is 11.6 Å². The van der Waals surface area contributed by atoms with Crippen LogP contribution >= 0.6 is 11.6 Å². The monoisotopic (exact) mass is 414 g/mol. The summed E-state index contributed by atoms with van der Waals surface area (Å²) in [6, 6.07) is 15.0. The molecular weight excluding hydrogens is 384 g/mol. The maximum atomic E-state index is 13.1. The van der Waals surface area contributed by atoms with Gasteiger partial charge in [0.25, 0.3) is 0 Å². The van der Waals surface area contributed by atoms with Crippen molar-refractivity contribution in [3.05, 3.63) is 70.2 Å². The van der Waals surface area contributed by atoms with Crippen LogP contribution in [0.4, 0.5) is 0 Å². The molecule has 2 atom stereocenters. The third-order valence-electron chi connectivity index (χ3n) is 5.34. The van der Waals surface area contributed by atoms with Crippen LogP contribution < -0.4 is 5.32 Å². The molecule has 29 heavy (non-hydrogen) atoms. The minimum absolute atomic E-state index is 0.0556. The highest BCUT2D eigenvalue weighted by molar-refractivity contribution is 6.31. The first-order chi connectivity index (χ1) is 13.8. The van der Waals surface area contributed by atoms with Crippen molar-refractivity contribution in [1.82, 2.24) is 10.2 Å². The summed E-state index contributed by atoms with van der Waals surface area (Å²) in [7, 11) is 0. The predicted octanol–water partition coefficient (Wildman–Crippen LogP) is 4.91. The first-order valence-electron chi connectivity index (χ1n) is 10.2. The molecule has 156 valence electrons. The Morgan fingerprint density at radius 3 is 2.28 bits per heavy atom. The number of benzene rings is 2. The molecule has 2 rings (SSSR count). The zero-order valence-electron chi connectivity index (χ0n) is 17.7. The van der Waals surface area contributed by atoms with Crippen LogP contribution in [0.3, 0.4) is 0 Å². The summed E-state index contributed by atoms with van der Waals surface area (Å²) in [6.07, 6.45) is 1.69. The number of nitrogens with zero attached hydrogens (tertiary/aromatic N) is 1. The van der Waals surface area contributed by atoms with E-state index < -0.39 is 6.04 Å². The van der Waals surface area contributed by atoms with Gasteiger partial charge in [-0.05, 0) is 56.4 Å². The van der Waals surface area contributed by atoms with Crippen molar-refractivity contribution in [2.75, 3.05) is 0 Å². The van der Waals surface area contributed by atoms with Crippen molar-refractivity contribution in [2.45, 2.75) is 65.6 Å². The summed E-state index contributed by atoms with van der Waals surface area (Å²) >= 11 is 6.24. The molecule has 0 aromatic heterocycles. The fraction of sp³-hybridized carbons (Fsp3) is 0.417. The molecule has 4 nitrogen and oxygen atoms in total. The lowest BCUT2D eigenvalue weighted by molar-refractivity contribution is -0.140. The number of aryl methyl sites for hydroxylation is 2. The van der Waals surface area contributed by atoms with Gasteiger partial charge < -0.3 is 10.2 Å². The van der Waals surface area contributed by atoms with Crippen LogP contribution in [0.5, 0.6) is 0 Å². The van der Waals surface area contributed by atoms with Crippen LogP contribution in [0, 0.1) is 6.92 Å². The summed E-state index contributed by atoms with van der Waals surface area (Å²) in [6.45, 7) is 8.21. The Hall–Kier alpha value is -2.33. The maximum absolute atomic E-state index is 13.1. The Morgan fingerprint density at radius 2 is 1.66 bits per heavy atom. The van der Waals surface area contributed by atoms with Crippen LogP contribution in [0.15, 0.2) is 48.5 Å². The first kappa shape index (κ1) is 23.0. The number of hydrogen-bond donors (Lipinski definition) is 1. The average Bonchev–Trinajstić information content (AvgIpc) is 2.71. The molecule has 0 bridgehead atoms. The van der Waals surface area contributed by atoms with E-state index >= 15 is 0 Å². The number of hydrogen-bond acceptors (Lipinski definition) is 2. The second-order valence-electron chi connectivity index (χ2n) is 7.53. The summed E-state index contributed by atoms with van der Waals surface area (Å²) < 4.78 is 0. The van der Waals surface area contributed by atoms with Crippen LogP contribution in [0.2, 0.25) is 5.02 Å². The van der Waals surface area contributed by atoms with Crippen LogP contribution in [0.25, 0.3) is 0 Å². The molecule has 0 saturated heterocycles. The van der Waals surface area contributed by atoms with Crippen LogP contribution in [0.1, 0.15) is 50.3 Å². The molecule has 0 radical (unpaired) electrons. The Balaban J connectivity index is 2.18. The smallest absolute Gasteiger partial charge is 0.242 e. The normalized spacial score (nSPS) is 12.9. The van der Waals surface area contributed by atoms with Gasteiger partial charge in [-0.2, -0.15) is 0 Å². The van der Waals surface area contributed by atoms with E-state index in [0.717, 1.165) is 23.1 Å². The molecule has 0 aliphatic carbocycles.